The van der Waals surface area contributed by atoms with Crippen molar-refractivity contribution in [1.82, 2.24) is 10.6 Å². The lowest BCUT2D eigenvalue weighted by Crippen LogP contribution is -2.30. The summed E-state index contributed by atoms with van der Waals surface area (Å²) in [5.74, 6) is 0.940. The number of carbonyl (C=O) groups is 1. The number of aryl methyl sites for hydroxylation is 1. The fraction of sp³-hybridized carbons (Fsp3) is 0.588. The lowest BCUT2D eigenvalue weighted by atomic mass is 9.93. The molecule has 0 spiro atoms. The van der Waals surface area contributed by atoms with Crippen LogP contribution in [0.25, 0.3) is 0 Å². The minimum atomic E-state index is 0.204. The Labute approximate surface area is 122 Å². The van der Waals surface area contributed by atoms with Gasteiger partial charge in [0.25, 0.3) is 0 Å². The molecule has 0 radical (unpaired) electrons. The predicted octanol–water partition coefficient (Wildman–Crippen LogP) is 2.43. The number of rotatable bonds is 6. The number of hydrogen-bond acceptors (Lipinski definition) is 2. The Morgan fingerprint density at radius 1 is 1.25 bits per heavy atom. The zero-order chi connectivity index (χ0) is 14.2. The summed E-state index contributed by atoms with van der Waals surface area (Å²) >= 11 is 0. The van der Waals surface area contributed by atoms with Gasteiger partial charge in [-0.2, -0.15) is 0 Å². The van der Waals surface area contributed by atoms with Crippen molar-refractivity contribution >= 4 is 5.91 Å². The van der Waals surface area contributed by atoms with E-state index in [1.165, 1.54) is 24.0 Å². The molecular weight excluding hydrogens is 248 g/mol. The van der Waals surface area contributed by atoms with Gasteiger partial charge in [0.2, 0.25) is 5.91 Å². The van der Waals surface area contributed by atoms with Crippen molar-refractivity contribution in [2.24, 2.45) is 5.92 Å². The van der Waals surface area contributed by atoms with Crippen molar-refractivity contribution in [3.8, 4) is 0 Å². The van der Waals surface area contributed by atoms with Gasteiger partial charge in [-0.1, -0.05) is 29.8 Å². The monoisotopic (exact) mass is 274 g/mol. The summed E-state index contributed by atoms with van der Waals surface area (Å²) in [5.41, 5.74) is 2.56. The molecule has 1 aromatic carbocycles. The van der Waals surface area contributed by atoms with Gasteiger partial charge in [-0.25, -0.2) is 0 Å². The van der Waals surface area contributed by atoms with E-state index in [0.717, 1.165) is 38.4 Å². The van der Waals surface area contributed by atoms with Gasteiger partial charge >= 0.3 is 0 Å². The highest BCUT2D eigenvalue weighted by molar-refractivity contribution is 5.75. The van der Waals surface area contributed by atoms with Crippen molar-refractivity contribution in [2.45, 2.75) is 39.0 Å². The smallest absolute Gasteiger partial charge is 0.220 e. The van der Waals surface area contributed by atoms with E-state index in [1.54, 1.807) is 0 Å². The molecule has 1 amide bonds. The van der Waals surface area contributed by atoms with Crippen LogP contribution in [-0.4, -0.2) is 25.5 Å². The van der Waals surface area contributed by atoms with E-state index in [9.17, 15) is 4.79 Å². The first-order chi connectivity index (χ1) is 9.74. The molecule has 0 atom stereocenters. The van der Waals surface area contributed by atoms with E-state index in [4.69, 9.17) is 0 Å². The highest BCUT2D eigenvalue weighted by atomic mass is 16.1. The second-order valence-corrected chi connectivity index (χ2v) is 5.82. The van der Waals surface area contributed by atoms with Gasteiger partial charge < -0.3 is 10.6 Å². The standard InChI is InChI=1S/C17H26N2O/c1-14-2-4-15(5-3-14)10-13-19-17(20)7-6-16-8-11-18-12-9-16/h2-5,16,18H,6-13H2,1H3,(H,19,20). The van der Waals surface area contributed by atoms with Crippen LogP contribution in [0.1, 0.15) is 36.8 Å². The fourth-order valence-electron chi connectivity index (χ4n) is 2.69. The minimum absolute atomic E-state index is 0.204. The largest absolute Gasteiger partial charge is 0.356 e. The molecule has 2 rings (SSSR count). The number of hydrogen-bond donors (Lipinski definition) is 2. The third-order valence-electron chi connectivity index (χ3n) is 4.09. The molecule has 0 unspecified atom stereocenters. The fourth-order valence-corrected chi connectivity index (χ4v) is 2.69. The summed E-state index contributed by atoms with van der Waals surface area (Å²) in [6.07, 6.45) is 5.07. The Hall–Kier alpha value is -1.35. The zero-order valence-corrected chi connectivity index (χ0v) is 12.5. The zero-order valence-electron chi connectivity index (χ0n) is 12.5. The van der Waals surface area contributed by atoms with Crippen LogP contribution in [0.2, 0.25) is 0 Å². The summed E-state index contributed by atoms with van der Waals surface area (Å²) < 4.78 is 0. The summed E-state index contributed by atoms with van der Waals surface area (Å²) in [6.45, 7) is 5.06. The molecule has 2 N–H and O–H groups in total. The molecule has 20 heavy (non-hydrogen) atoms. The van der Waals surface area contributed by atoms with E-state index in [2.05, 4.69) is 41.8 Å². The number of amides is 1. The maximum atomic E-state index is 11.8. The normalized spacial score (nSPS) is 16.1. The second-order valence-electron chi connectivity index (χ2n) is 5.82. The summed E-state index contributed by atoms with van der Waals surface area (Å²) in [7, 11) is 0. The number of carbonyl (C=O) groups excluding carboxylic acids is 1. The third kappa shape index (κ3) is 5.33. The quantitative estimate of drug-likeness (QED) is 0.836. The number of piperidine rings is 1. The Kier molecular flexibility index (Phi) is 6.06. The van der Waals surface area contributed by atoms with Crippen LogP contribution in [0.3, 0.4) is 0 Å². The van der Waals surface area contributed by atoms with E-state index < -0.39 is 0 Å². The molecule has 1 heterocycles. The summed E-state index contributed by atoms with van der Waals surface area (Å²) in [6, 6.07) is 8.51. The summed E-state index contributed by atoms with van der Waals surface area (Å²) in [4.78, 5) is 11.8. The first kappa shape index (κ1) is 15.0. The highest BCUT2D eigenvalue weighted by Crippen LogP contribution is 2.17. The van der Waals surface area contributed by atoms with Crippen molar-refractivity contribution in [3.63, 3.8) is 0 Å². The van der Waals surface area contributed by atoms with Crippen molar-refractivity contribution in [3.05, 3.63) is 35.4 Å². The van der Waals surface area contributed by atoms with Crippen LogP contribution in [0.4, 0.5) is 0 Å². The Bertz CT molecular complexity index is 408. The lowest BCUT2D eigenvalue weighted by Gasteiger charge is -2.22. The van der Waals surface area contributed by atoms with Gasteiger partial charge in [0.05, 0.1) is 0 Å². The van der Waals surface area contributed by atoms with Crippen molar-refractivity contribution in [2.75, 3.05) is 19.6 Å². The van der Waals surface area contributed by atoms with E-state index in [-0.39, 0.29) is 5.91 Å². The molecule has 1 aliphatic heterocycles. The van der Waals surface area contributed by atoms with Gasteiger partial charge in [0.1, 0.15) is 0 Å². The molecule has 1 fully saturated rings. The Balaban J connectivity index is 1.58. The summed E-state index contributed by atoms with van der Waals surface area (Å²) in [5, 5.41) is 6.39. The number of nitrogens with one attached hydrogen (secondary N) is 2. The average molecular weight is 274 g/mol. The second kappa shape index (κ2) is 8.05. The maximum Gasteiger partial charge on any atom is 0.220 e. The Morgan fingerprint density at radius 3 is 2.65 bits per heavy atom. The van der Waals surface area contributed by atoms with Crippen LogP contribution in [0.15, 0.2) is 24.3 Å². The van der Waals surface area contributed by atoms with Gasteiger partial charge in [-0.3, -0.25) is 4.79 Å². The molecule has 1 aromatic rings. The Morgan fingerprint density at radius 2 is 1.95 bits per heavy atom. The number of benzene rings is 1. The van der Waals surface area contributed by atoms with Gasteiger partial charge in [0.15, 0.2) is 0 Å². The van der Waals surface area contributed by atoms with Gasteiger partial charge in [-0.05, 0) is 57.2 Å². The minimum Gasteiger partial charge on any atom is -0.356 e. The predicted molar refractivity (Wildman–Crippen MR) is 82.7 cm³/mol. The van der Waals surface area contributed by atoms with Gasteiger partial charge in [-0.15, -0.1) is 0 Å². The van der Waals surface area contributed by atoms with Crippen molar-refractivity contribution < 1.29 is 4.79 Å². The van der Waals surface area contributed by atoms with Crippen LogP contribution >= 0.6 is 0 Å². The molecule has 0 aromatic heterocycles. The molecule has 1 aliphatic rings. The van der Waals surface area contributed by atoms with Gasteiger partial charge in [0, 0.05) is 13.0 Å². The van der Waals surface area contributed by atoms with Crippen LogP contribution in [0, 0.1) is 12.8 Å². The lowest BCUT2D eigenvalue weighted by molar-refractivity contribution is -0.121. The highest BCUT2D eigenvalue weighted by Gasteiger charge is 2.14. The SMILES string of the molecule is Cc1ccc(CCNC(=O)CCC2CCNCC2)cc1. The van der Waals surface area contributed by atoms with Crippen LogP contribution in [0.5, 0.6) is 0 Å². The topological polar surface area (TPSA) is 41.1 Å². The first-order valence-electron chi connectivity index (χ1n) is 7.77. The maximum absolute atomic E-state index is 11.8. The van der Waals surface area contributed by atoms with Crippen molar-refractivity contribution in [1.29, 1.82) is 0 Å². The van der Waals surface area contributed by atoms with E-state index in [0.29, 0.717) is 6.42 Å². The molecule has 0 bridgehead atoms. The third-order valence-corrected chi connectivity index (χ3v) is 4.09. The molecule has 0 aliphatic carbocycles. The molecule has 110 valence electrons. The average Bonchev–Trinajstić information content (AvgIpc) is 2.48. The molecule has 0 saturated carbocycles. The van der Waals surface area contributed by atoms with Crippen LogP contribution in [-0.2, 0) is 11.2 Å². The molecule has 3 nitrogen and oxygen atoms in total. The van der Waals surface area contributed by atoms with E-state index in [1.807, 2.05) is 0 Å². The molecule has 3 heteroatoms. The van der Waals surface area contributed by atoms with E-state index >= 15 is 0 Å². The molecule has 1 saturated heterocycles. The molecular formula is C17H26N2O. The van der Waals surface area contributed by atoms with Crippen LogP contribution < -0.4 is 10.6 Å². The first-order valence-corrected chi connectivity index (χ1v) is 7.77.